The molecule has 1 fully saturated rings. The second-order valence-electron chi connectivity index (χ2n) is 6.83. The van der Waals surface area contributed by atoms with E-state index in [2.05, 4.69) is 5.32 Å². The number of carbonyl (C=O) groups is 2. The number of carbonyl (C=O) groups excluding carboxylic acids is 2. The third kappa shape index (κ3) is 5.19. The summed E-state index contributed by atoms with van der Waals surface area (Å²) in [7, 11) is 0. The Morgan fingerprint density at radius 2 is 1.46 bits per heavy atom. The highest BCUT2D eigenvalue weighted by molar-refractivity contribution is 5.88. The molecule has 4 nitrogen and oxygen atoms in total. The van der Waals surface area contributed by atoms with Crippen molar-refractivity contribution in [2.24, 2.45) is 0 Å². The maximum Gasteiger partial charge on any atom is 0.245 e. The molecule has 1 N–H and O–H groups in total. The lowest BCUT2D eigenvalue weighted by Gasteiger charge is -2.24. The largest absolute Gasteiger partial charge is 0.344 e. The van der Waals surface area contributed by atoms with Crippen molar-refractivity contribution in [2.45, 2.75) is 38.1 Å². The first-order valence-electron chi connectivity index (χ1n) is 9.38. The summed E-state index contributed by atoms with van der Waals surface area (Å²) >= 11 is 0. The molecule has 0 saturated carbocycles. The highest BCUT2D eigenvalue weighted by atomic mass is 16.2. The Balaban J connectivity index is 1.62. The van der Waals surface area contributed by atoms with E-state index in [4.69, 9.17) is 0 Å². The quantitative estimate of drug-likeness (QED) is 0.835. The van der Waals surface area contributed by atoms with Crippen LogP contribution in [0, 0.1) is 0 Å². The van der Waals surface area contributed by atoms with Gasteiger partial charge in [0.1, 0.15) is 6.04 Å². The van der Waals surface area contributed by atoms with E-state index in [0.29, 0.717) is 19.3 Å². The number of amides is 2. The van der Waals surface area contributed by atoms with E-state index in [9.17, 15) is 9.59 Å². The van der Waals surface area contributed by atoms with Crippen LogP contribution in [0.15, 0.2) is 60.7 Å². The third-order valence-corrected chi connectivity index (χ3v) is 4.82. The van der Waals surface area contributed by atoms with Crippen LogP contribution in [0.5, 0.6) is 0 Å². The fourth-order valence-corrected chi connectivity index (χ4v) is 3.38. The number of rotatable bonds is 7. The summed E-state index contributed by atoms with van der Waals surface area (Å²) in [4.78, 5) is 27.2. The topological polar surface area (TPSA) is 49.4 Å². The van der Waals surface area contributed by atoms with E-state index in [1.807, 2.05) is 65.6 Å². The maximum absolute atomic E-state index is 12.9. The number of hydrogen-bond acceptors (Lipinski definition) is 2. The van der Waals surface area contributed by atoms with Crippen LogP contribution in [0.1, 0.15) is 30.4 Å². The lowest BCUT2D eigenvalue weighted by Crippen LogP contribution is -2.49. The smallest absolute Gasteiger partial charge is 0.245 e. The SMILES string of the molecule is O=C(CCc1ccccc1)NC(Cc1ccccc1)C(=O)N1CCCC1. The van der Waals surface area contributed by atoms with Gasteiger partial charge < -0.3 is 10.2 Å². The minimum Gasteiger partial charge on any atom is -0.344 e. The van der Waals surface area contributed by atoms with Crippen LogP contribution in [0.3, 0.4) is 0 Å². The number of nitrogens with one attached hydrogen (secondary N) is 1. The molecule has 3 rings (SSSR count). The summed E-state index contributed by atoms with van der Waals surface area (Å²) in [6.45, 7) is 1.59. The van der Waals surface area contributed by atoms with E-state index in [1.54, 1.807) is 0 Å². The Hall–Kier alpha value is -2.62. The minimum absolute atomic E-state index is 0.0411. The summed E-state index contributed by atoms with van der Waals surface area (Å²) in [6, 6.07) is 19.3. The number of likely N-dealkylation sites (tertiary alicyclic amines) is 1. The first-order chi connectivity index (χ1) is 12.7. The molecule has 26 heavy (non-hydrogen) atoms. The van der Waals surface area contributed by atoms with Crippen LogP contribution >= 0.6 is 0 Å². The number of aryl methyl sites for hydroxylation is 1. The van der Waals surface area contributed by atoms with Crippen LogP contribution in [-0.2, 0) is 22.4 Å². The molecule has 4 heteroatoms. The Labute approximate surface area is 155 Å². The van der Waals surface area contributed by atoms with Crippen LogP contribution in [-0.4, -0.2) is 35.8 Å². The lowest BCUT2D eigenvalue weighted by molar-refractivity contribution is -0.135. The van der Waals surface area contributed by atoms with Crippen molar-refractivity contribution in [3.8, 4) is 0 Å². The highest BCUT2D eigenvalue weighted by Gasteiger charge is 2.27. The Morgan fingerprint density at radius 3 is 2.08 bits per heavy atom. The van der Waals surface area contributed by atoms with Gasteiger partial charge >= 0.3 is 0 Å². The fraction of sp³-hybridized carbons (Fsp3) is 0.364. The molecule has 1 atom stereocenters. The zero-order valence-corrected chi connectivity index (χ0v) is 15.1. The molecule has 1 unspecified atom stereocenters. The average molecular weight is 350 g/mol. The summed E-state index contributed by atoms with van der Waals surface area (Å²) in [5.41, 5.74) is 2.20. The molecule has 2 amide bonds. The van der Waals surface area contributed by atoms with E-state index in [-0.39, 0.29) is 11.8 Å². The normalized spacial score (nSPS) is 14.8. The molecule has 0 aliphatic carbocycles. The van der Waals surface area contributed by atoms with Gasteiger partial charge in [-0.15, -0.1) is 0 Å². The van der Waals surface area contributed by atoms with Gasteiger partial charge in [-0.2, -0.15) is 0 Å². The van der Waals surface area contributed by atoms with Crippen molar-refractivity contribution in [3.63, 3.8) is 0 Å². The highest BCUT2D eigenvalue weighted by Crippen LogP contribution is 2.13. The van der Waals surface area contributed by atoms with E-state index in [1.165, 1.54) is 0 Å². The third-order valence-electron chi connectivity index (χ3n) is 4.82. The molecule has 0 bridgehead atoms. The fourth-order valence-electron chi connectivity index (χ4n) is 3.38. The van der Waals surface area contributed by atoms with Crippen LogP contribution in [0.2, 0.25) is 0 Å². The predicted octanol–water partition coefficient (Wildman–Crippen LogP) is 2.97. The molecule has 1 saturated heterocycles. The van der Waals surface area contributed by atoms with Gasteiger partial charge in [0.25, 0.3) is 0 Å². The van der Waals surface area contributed by atoms with Gasteiger partial charge in [0, 0.05) is 25.9 Å². The number of benzene rings is 2. The minimum atomic E-state index is -0.487. The van der Waals surface area contributed by atoms with Gasteiger partial charge in [-0.05, 0) is 30.4 Å². The molecule has 1 heterocycles. The first kappa shape index (κ1) is 18.2. The van der Waals surface area contributed by atoms with E-state index >= 15 is 0 Å². The Bertz CT molecular complexity index is 709. The second kappa shape index (κ2) is 9.18. The number of hydrogen-bond donors (Lipinski definition) is 1. The molecular weight excluding hydrogens is 324 g/mol. The molecular formula is C22H26N2O2. The van der Waals surface area contributed by atoms with Crippen LogP contribution < -0.4 is 5.32 Å². The van der Waals surface area contributed by atoms with Gasteiger partial charge in [-0.25, -0.2) is 0 Å². The van der Waals surface area contributed by atoms with Crippen molar-refractivity contribution >= 4 is 11.8 Å². The molecule has 0 radical (unpaired) electrons. The van der Waals surface area contributed by atoms with Gasteiger partial charge in [-0.1, -0.05) is 60.7 Å². The predicted molar refractivity (Wildman–Crippen MR) is 103 cm³/mol. The monoisotopic (exact) mass is 350 g/mol. The molecule has 0 spiro atoms. The summed E-state index contributed by atoms with van der Waals surface area (Å²) in [6.07, 6.45) is 3.70. The van der Waals surface area contributed by atoms with Crippen molar-refractivity contribution < 1.29 is 9.59 Å². The van der Waals surface area contributed by atoms with Gasteiger partial charge in [-0.3, -0.25) is 9.59 Å². The van der Waals surface area contributed by atoms with Crippen molar-refractivity contribution in [3.05, 3.63) is 71.8 Å². The van der Waals surface area contributed by atoms with Crippen molar-refractivity contribution in [2.75, 3.05) is 13.1 Å². The van der Waals surface area contributed by atoms with E-state index in [0.717, 1.165) is 37.1 Å². The standard InChI is InChI=1S/C22H26N2O2/c25-21(14-13-18-9-3-1-4-10-18)23-20(17-19-11-5-2-6-12-19)22(26)24-15-7-8-16-24/h1-6,9-12,20H,7-8,13-17H2,(H,23,25). The van der Waals surface area contributed by atoms with E-state index < -0.39 is 6.04 Å². The van der Waals surface area contributed by atoms with Crippen LogP contribution in [0.25, 0.3) is 0 Å². The van der Waals surface area contributed by atoms with Crippen LogP contribution in [0.4, 0.5) is 0 Å². The molecule has 1 aliphatic rings. The molecule has 136 valence electrons. The first-order valence-corrected chi connectivity index (χ1v) is 9.38. The molecule has 2 aromatic carbocycles. The summed E-state index contributed by atoms with van der Waals surface area (Å²) < 4.78 is 0. The second-order valence-corrected chi connectivity index (χ2v) is 6.83. The average Bonchev–Trinajstić information content (AvgIpc) is 3.22. The van der Waals surface area contributed by atoms with Crippen molar-refractivity contribution in [1.82, 2.24) is 10.2 Å². The maximum atomic E-state index is 12.9. The van der Waals surface area contributed by atoms with Gasteiger partial charge in [0.15, 0.2) is 0 Å². The Kier molecular flexibility index (Phi) is 6.42. The lowest BCUT2D eigenvalue weighted by atomic mass is 10.0. The summed E-state index contributed by atoms with van der Waals surface area (Å²) in [5.74, 6) is -0.0262. The van der Waals surface area contributed by atoms with Crippen molar-refractivity contribution in [1.29, 1.82) is 0 Å². The molecule has 0 aromatic heterocycles. The Morgan fingerprint density at radius 1 is 0.885 bits per heavy atom. The van der Waals surface area contributed by atoms with Gasteiger partial charge in [0.2, 0.25) is 11.8 Å². The summed E-state index contributed by atoms with van der Waals surface area (Å²) in [5, 5.41) is 2.98. The number of nitrogens with zero attached hydrogens (tertiary/aromatic N) is 1. The molecule has 2 aromatic rings. The zero-order valence-electron chi connectivity index (χ0n) is 15.1. The molecule has 1 aliphatic heterocycles. The zero-order chi connectivity index (χ0) is 18.2. The van der Waals surface area contributed by atoms with Gasteiger partial charge in [0.05, 0.1) is 0 Å².